The van der Waals surface area contributed by atoms with Crippen LogP contribution in [0.5, 0.6) is 5.75 Å². The molecule has 21 heavy (non-hydrogen) atoms. The fourth-order valence-corrected chi connectivity index (χ4v) is 2.14. The fourth-order valence-electron chi connectivity index (χ4n) is 2.14. The summed E-state index contributed by atoms with van der Waals surface area (Å²) in [6.07, 6.45) is 0. The van der Waals surface area contributed by atoms with Gasteiger partial charge in [-0.2, -0.15) is 0 Å². The Bertz CT molecular complexity index is 632. The van der Waals surface area contributed by atoms with Crippen LogP contribution < -0.4 is 10.1 Å². The van der Waals surface area contributed by atoms with Crippen LogP contribution in [0, 0.1) is 13.8 Å². The van der Waals surface area contributed by atoms with E-state index in [1.165, 1.54) is 11.1 Å². The van der Waals surface area contributed by atoms with E-state index in [9.17, 15) is 4.79 Å². The van der Waals surface area contributed by atoms with Gasteiger partial charge < -0.3 is 10.1 Å². The third-order valence-corrected chi connectivity index (χ3v) is 3.73. The highest BCUT2D eigenvalue weighted by Gasteiger charge is 2.12. The summed E-state index contributed by atoms with van der Waals surface area (Å²) in [5.74, 6) is 0.664. The van der Waals surface area contributed by atoms with Crippen LogP contribution >= 0.6 is 0 Å². The number of benzene rings is 2. The molecule has 0 fully saturated rings. The van der Waals surface area contributed by atoms with E-state index in [0.29, 0.717) is 5.56 Å². The van der Waals surface area contributed by atoms with Gasteiger partial charge in [0.25, 0.3) is 5.91 Å². The van der Waals surface area contributed by atoms with Gasteiger partial charge in [-0.05, 0) is 61.7 Å². The smallest absolute Gasteiger partial charge is 0.251 e. The lowest BCUT2D eigenvalue weighted by atomic mass is 10.0. The first-order valence-electron chi connectivity index (χ1n) is 7.03. The highest BCUT2D eigenvalue weighted by Crippen LogP contribution is 2.18. The molecule has 0 aromatic heterocycles. The zero-order valence-corrected chi connectivity index (χ0v) is 12.9. The lowest BCUT2D eigenvalue weighted by Crippen LogP contribution is -2.26. The van der Waals surface area contributed by atoms with E-state index >= 15 is 0 Å². The molecule has 0 saturated heterocycles. The zero-order valence-electron chi connectivity index (χ0n) is 12.9. The van der Waals surface area contributed by atoms with E-state index in [2.05, 4.69) is 37.4 Å². The normalized spacial score (nSPS) is 11.8. The number of aryl methyl sites for hydroxylation is 2. The van der Waals surface area contributed by atoms with Gasteiger partial charge in [0.2, 0.25) is 0 Å². The van der Waals surface area contributed by atoms with Crippen LogP contribution in [-0.4, -0.2) is 13.0 Å². The topological polar surface area (TPSA) is 38.3 Å². The molecule has 0 aliphatic carbocycles. The van der Waals surface area contributed by atoms with Gasteiger partial charge >= 0.3 is 0 Å². The summed E-state index contributed by atoms with van der Waals surface area (Å²) in [6, 6.07) is 13.3. The van der Waals surface area contributed by atoms with Crippen LogP contribution in [-0.2, 0) is 0 Å². The standard InChI is InChI=1S/C18H21NO2/c1-12-5-6-16(11-13(12)2)14(3)19-18(20)15-7-9-17(21-4)10-8-15/h5-11,14H,1-4H3,(H,19,20)/t14-/m1/s1. The summed E-state index contributed by atoms with van der Waals surface area (Å²) in [4.78, 5) is 12.2. The van der Waals surface area contributed by atoms with Crippen LogP contribution in [0.3, 0.4) is 0 Å². The first kappa shape index (κ1) is 15.1. The van der Waals surface area contributed by atoms with Crippen molar-refractivity contribution in [1.82, 2.24) is 5.32 Å². The molecule has 2 aromatic carbocycles. The second-order valence-corrected chi connectivity index (χ2v) is 5.27. The minimum Gasteiger partial charge on any atom is -0.497 e. The molecule has 3 heteroatoms. The van der Waals surface area contributed by atoms with Crippen molar-refractivity contribution < 1.29 is 9.53 Å². The van der Waals surface area contributed by atoms with Gasteiger partial charge in [0, 0.05) is 5.56 Å². The van der Waals surface area contributed by atoms with E-state index in [1.54, 1.807) is 31.4 Å². The van der Waals surface area contributed by atoms with Gasteiger partial charge in [-0.15, -0.1) is 0 Å². The molecule has 3 nitrogen and oxygen atoms in total. The van der Waals surface area contributed by atoms with Gasteiger partial charge in [0.05, 0.1) is 13.2 Å². The molecule has 0 spiro atoms. The van der Waals surface area contributed by atoms with E-state index in [1.807, 2.05) is 6.92 Å². The van der Waals surface area contributed by atoms with Crippen molar-refractivity contribution in [2.45, 2.75) is 26.8 Å². The maximum atomic E-state index is 12.2. The highest BCUT2D eigenvalue weighted by molar-refractivity contribution is 5.94. The second-order valence-electron chi connectivity index (χ2n) is 5.27. The van der Waals surface area contributed by atoms with Crippen molar-refractivity contribution in [1.29, 1.82) is 0 Å². The SMILES string of the molecule is COc1ccc(C(=O)N[C@H](C)c2ccc(C)c(C)c2)cc1. The first-order valence-corrected chi connectivity index (χ1v) is 7.03. The number of hydrogen-bond donors (Lipinski definition) is 1. The molecule has 0 radical (unpaired) electrons. The van der Waals surface area contributed by atoms with Crippen molar-refractivity contribution >= 4 is 5.91 Å². The number of hydrogen-bond acceptors (Lipinski definition) is 2. The summed E-state index contributed by atoms with van der Waals surface area (Å²) in [5.41, 5.74) is 4.23. The van der Waals surface area contributed by atoms with Crippen LogP contribution in [0.1, 0.15) is 40.0 Å². The van der Waals surface area contributed by atoms with Crippen molar-refractivity contribution in [3.63, 3.8) is 0 Å². The van der Waals surface area contributed by atoms with Gasteiger partial charge in [0.1, 0.15) is 5.75 Å². The lowest BCUT2D eigenvalue weighted by molar-refractivity contribution is 0.0940. The number of rotatable bonds is 4. The summed E-state index contributed by atoms with van der Waals surface area (Å²) < 4.78 is 5.09. The molecule has 2 aromatic rings. The highest BCUT2D eigenvalue weighted by atomic mass is 16.5. The Kier molecular flexibility index (Phi) is 4.63. The van der Waals surface area contributed by atoms with Gasteiger partial charge in [-0.3, -0.25) is 4.79 Å². The fraction of sp³-hybridized carbons (Fsp3) is 0.278. The number of ether oxygens (including phenoxy) is 1. The van der Waals surface area contributed by atoms with Crippen molar-refractivity contribution in [2.24, 2.45) is 0 Å². The van der Waals surface area contributed by atoms with Crippen molar-refractivity contribution in [2.75, 3.05) is 7.11 Å². The molecule has 0 heterocycles. The molecule has 0 aliphatic heterocycles. The molecule has 0 unspecified atom stereocenters. The number of carbonyl (C=O) groups is 1. The molecule has 2 rings (SSSR count). The molecule has 0 aliphatic rings. The third-order valence-electron chi connectivity index (χ3n) is 3.73. The van der Waals surface area contributed by atoms with Gasteiger partial charge in [-0.25, -0.2) is 0 Å². The Labute approximate surface area is 126 Å². The Morgan fingerprint density at radius 2 is 1.71 bits per heavy atom. The lowest BCUT2D eigenvalue weighted by Gasteiger charge is -2.16. The summed E-state index contributed by atoms with van der Waals surface area (Å²) in [6.45, 7) is 6.15. The van der Waals surface area contributed by atoms with Crippen molar-refractivity contribution in [3.8, 4) is 5.75 Å². The molecule has 1 amide bonds. The van der Waals surface area contributed by atoms with E-state index in [-0.39, 0.29) is 11.9 Å². The van der Waals surface area contributed by atoms with Gasteiger partial charge in [-0.1, -0.05) is 18.2 Å². The average molecular weight is 283 g/mol. The number of amides is 1. The van der Waals surface area contributed by atoms with E-state index in [4.69, 9.17) is 4.74 Å². The number of nitrogens with one attached hydrogen (secondary N) is 1. The molecule has 0 bridgehead atoms. The largest absolute Gasteiger partial charge is 0.497 e. The Morgan fingerprint density at radius 1 is 1.05 bits per heavy atom. The summed E-state index contributed by atoms with van der Waals surface area (Å²) >= 11 is 0. The predicted octanol–water partition coefficient (Wildman–Crippen LogP) is 3.80. The maximum Gasteiger partial charge on any atom is 0.251 e. The van der Waals surface area contributed by atoms with E-state index < -0.39 is 0 Å². The third kappa shape index (κ3) is 3.63. The average Bonchev–Trinajstić information content (AvgIpc) is 2.50. The second kappa shape index (κ2) is 6.44. The zero-order chi connectivity index (χ0) is 15.4. The van der Waals surface area contributed by atoms with Gasteiger partial charge in [0.15, 0.2) is 0 Å². The Hall–Kier alpha value is -2.29. The number of methoxy groups -OCH3 is 1. The minimum absolute atomic E-state index is 0.0288. The molecule has 110 valence electrons. The summed E-state index contributed by atoms with van der Waals surface area (Å²) in [7, 11) is 1.61. The first-order chi connectivity index (χ1) is 10.0. The monoisotopic (exact) mass is 283 g/mol. The minimum atomic E-state index is -0.0802. The number of carbonyl (C=O) groups excluding carboxylic acids is 1. The predicted molar refractivity (Wildman–Crippen MR) is 84.8 cm³/mol. The quantitative estimate of drug-likeness (QED) is 0.926. The molecular formula is C18H21NO2. The Morgan fingerprint density at radius 3 is 2.29 bits per heavy atom. The van der Waals surface area contributed by atoms with Crippen LogP contribution in [0.15, 0.2) is 42.5 Å². The van der Waals surface area contributed by atoms with Crippen LogP contribution in [0.25, 0.3) is 0 Å². The molecule has 1 atom stereocenters. The maximum absolute atomic E-state index is 12.2. The molecular weight excluding hydrogens is 262 g/mol. The van der Waals surface area contributed by atoms with Crippen LogP contribution in [0.2, 0.25) is 0 Å². The van der Waals surface area contributed by atoms with Crippen LogP contribution in [0.4, 0.5) is 0 Å². The summed E-state index contributed by atoms with van der Waals surface area (Å²) in [5, 5.41) is 3.02. The van der Waals surface area contributed by atoms with Crippen molar-refractivity contribution in [3.05, 3.63) is 64.7 Å². The molecule has 0 saturated carbocycles. The molecule has 1 N–H and O–H groups in total. The van der Waals surface area contributed by atoms with E-state index in [0.717, 1.165) is 11.3 Å². The Balaban J connectivity index is 2.08.